The van der Waals surface area contributed by atoms with Crippen LogP contribution in [0.2, 0.25) is 0 Å². The monoisotopic (exact) mass is 393 g/mol. The molecule has 1 aliphatic heterocycles. The average Bonchev–Trinajstić information content (AvgIpc) is 3.26. The van der Waals surface area contributed by atoms with Crippen LogP contribution in [-0.2, 0) is 0 Å². The molecule has 1 N–H and O–H groups in total. The van der Waals surface area contributed by atoms with Gasteiger partial charge in [-0.15, -0.1) is 0 Å². The van der Waals surface area contributed by atoms with Crippen LogP contribution in [0, 0.1) is 12.7 Å². The lowest BCUT2D eigenvalue weighted by Crippen LogP contribution is -2.50. The van der Waals surface area contributed by atoms with Crippen molar-refractivity contribution in [3.63, 3.8) is 0 Å². The molecule has 4 rings (SSSR count). The van der Waals surface area contributed by atoms with Gasteiger partial charge in [0.2, 0.25) is 0 Å². The van der Waals surface area contributed by atoms with Crippen molar-refractivity contribution in [3.8, 4) is 11.4 Å². The first kappa shape index (κ1) is 18.8. The molecule has 0 spiro atoms. The van der Waals surface area contributed by atoms with E-state index in [0.717, 1.165) is 0 Å². The number of amides is 2. The van der Waals surface area contributed by atoms with Gasteiger partial charge in [-0.1, -0.05) is 12.1 Å². The normalized spacial score (nSPS) is 14.1. The molecule has 1 aromatic carbocycles. The highest BCUT2D eigenvalue weighted by atomic mass is 19.1. The Bertz CT molecular complexity index is 1040. The van der Waals surface area contributed by atoms with Crippen molar-refractivity contribution in [2.75, 3.05) is 26.2 Å². The van der Waals surface area contributed by atoms with Gasteiger partial charge in [0, 0.05) is 37.9 Å². The third kappa shape index (κ3) is 3.87. The number of aromatic nitrogens is 3. The van der Waals surface area contributed by atoms with Crippen LogP contribution in [-0.4, -0.2) is 63.0 Å². The molecule has 148 valence electrons. The van der Waals surface area contributed by atoms with Crippen molar-refractivity contribution < 1.29 is 14.0 Å². The molecule has 7 nitrogen and oxygen atoms in total. The summed E-state index contributed by atoms with van der Waals surface area (Å²) in [5.41, 5.74) is 2.49. The number of pyridine rings is 1. The van der Waals surface area contributed by atoms with Crippen molar-refractivity contribution in [1.82, 2.24) is 25.0 Å². The van der Waals surface area contributed by atoms with Crippen LogP contribution in [0.4, 0.5) is 4.39 Å². The number of aromatic amines is 1. The molecule has 0 unspecified atom stereocenters. The first-order valence-electron chi connectivity index (χ1n) is 9.34. The molecule has 0 atom stereocenters. The van der Waals surface area contributed by atoms with Crippen LogP contribution in [0.15, 0.2) is 48.7 Å². The van der Waals surface area contributed by atoms with Gasteiger partial charge >= 0.3 is 0 Å². The van der Waals surface area contributed by atoms with Gasteiger partial charge in [-0.25, -0.2) is 4.39 Å². The summed E-state index contributed by atoms with van der Waals surface area (Å²) in [6.45, 7) is 3.24. The van der Waals surface area contributed by atoms with E-state index in [1.807, 2.05) is 18.2 Å². The van der Waals surface area contributed by atoms with Gasteiger partial charge in [-0.2, -0.15) is 5.10 Å². The van der Waals surface area contributed by atoms with Crippen LogP contribution in [0.1, 0.15) is 26.4 Å². The van der Waals surface area contributed by atoms with Gasteiger partial charge < -0.3 is 9.80 Å². The van der Waals surface area contributed by atoms with E-state index < -0.39 is 5.82 Å². The maximum atomic E-state index is 13.7. The number of benzene rings is 1. The molecular weight excluding hydrogens is 373 g/mol. The lowest BCUT2D eigenvalue weighted by molar-refractivity contribution is 0.0532. The topological polar surface area (TPSA) is 82.2 Å². The van der Waals surface area contributed by atoms with E-state index in [4.69, 9.17) is 0 Å². The van der Waals surface area contributed by atoms with Crippen molar-refractivity contribution in [2.45, 2.75) is 6.92 Å². The zero-order valence-corrected chi connectivity index (χ0v) is 15.9. The number of carbonyl (C=O) groups excluding carboxylic acids is 2. The number of H-pyrrole nitrogens is 1. The van der Waals surface area contributed by atoms with Crippen LogP contribution in [0.3, 0.4) is 0 Å². The molecular formula is C21H20FN5O2. The third-order valence-electron chi connectivity index (χ3n) is 5.01. The SMILES string of the molecule is Cc1ccc(C(=O)N2CCN(C(=O)c3cc(-c4ccccn4)n[nH]3)CC2)cc1F. The van der Waals surface area contributed by atoms with Gasteiger partial charge in [0.05, 0.1) is 5.69 Å². The van der Waals surface area contributed by atoms with E-state index >= 15 is 0 Å². The maximum absolute atomic E-state index is 13.7. The van der Waals surface area contributed by atoms with E-state index in [0.29, 0.717) is 54.4 Å². The Hall–Kier alpha value is -3.55. The zero-order valence-electron chi connectivity index (χ0n) is 15.9. The van der Waals surface area contributed by atoms with Crippen molar-refractivity contribution >= 4 is 11.8 Å². The van der Waals surface area contributed by atoms with Gasteiger partial charge in [0.25, 0.3) is 11.8 Å². The second-order valence-electron chi connectivity index (χ2n) is 6.93. The van der Waals surface area contributed by atoms with E-state index in [1.54, 1.807) is 41.1 Å². The molecule has 0 bridgehead atoms. The highest BCUT2D eigenvalue weighted by Crippen LogP contribution is 2.17. The van der Waals surface area contributed by atoms with Gasteiger partial charge in [-0.3, -0.25) is 19.7 Å². The Morgan fingerprint density at radius 1 is 0.966 bits per heavy atom. The minimum absolute atomic E-state index is 0.173. The molecule has 1 aliphatic rings. The van der Waals surface area contributed by atoms with Crippen molar-refractivity contribution in [3.05, 3.63) is 71.3 Å². The average molecular weight is 393 g/mol. The standard InChI is InChI=1S/C21H20FN5O2/c1-14-5-6-15(12-16(14)22)20(28)26-8-10-27(11-9-26)21(29)19-13-18(24-25-19)17-4-2-3-7-23-17/h2-7,12-13H,8-11H2,1H3,(H,24,25). The molecule has 8 heteroatoms. The fraction of sp³-hybridized carbons (Fsp3) is 0.238. The molecule has 0 saturated carbocycles. The molecule has 0 radical (unpaired) electrons. The lowest BCUT2D eigenvalue weighted by Gasteiger charge is -2.34. The van der Waals surface area contributed by atoms with E-state index in [9.17, 15) is 14.0 Å². The molecule has 1 fully saturated rings. The Morgan fingerprint density at radius 3 is 2.34 bits per heavy atom. The number of halogens is 1. The smallest absolute Gasteiger partial charge is 0.272 e. The van der Waals surface area contributed by atoms with Crippen LogP contribution in [0.25, 0.3) is 11.4 Å². The van der Waals surface area contributed by atoms with E-state index in [2.05, 4.69) is 15.2 Å². The maximum Gasteiger partial charge on any atom is 0.272 e. The molecule has 3 aromatic rings. The number of nitrogens with one attached hydrogen (secondary N) is 1. The van der Waals surface area contributed by atoms with Crippen molar-refractivity contribution in [2.24, 2.45) is 0 Å². The molecule has 1 saturated heterocycles. The number of piperazine rings is 1. The minimum atomic E-state index is -0.396. The summed E-state index contributed by atoms with van der Waals surface area (Å²) in [6, 6.07) is 11.7. The molecule has 2 aromatic heterocycles. The summed E-state index contributed by atoms with van der Waals surface area (Å²) in [5.74, 6) is -0.796. The predicted molar refractivity (Wildman–Crippen MR) is 105 cm³/mol. The highest BCUT2D eigenvalue weighted by molar-refractivity contribution is 5.95. The summed E-state index contributed by atoms with van der Waals surface area (Å²) >= 11 is 0. The molecule has 0 aliphatic carbocycles. The number of rotatable bonds is 3. The number of hydrogen-bond acceptors (Lipinski definition) is 4. The predicted octanol–water partition coefficient (Wildman–Crippen LogP) is 2.52. The Labute approximate surface area is 167 Å². The minimum Gasteiger partial charge on any atom is -0.335 e. The number of carbonyl (C=O) groups is 2. The summed E-state index contributed by atoms with van der Waals surface area (Å²) in [6.07, 6.45) is 1.67. The fourth-order valence-electron chi connectivity index (χ4n) is 3.27. The number of aryl methyl sites for hydroxylation is 1. The third-order valence-corrected chi connectivity index (χ3v) is 5.01. The fourth-order valence-corrected chi connectivity index (χ4v) is 3.27. The van der Waals surface area contributed by atoms with Gasteiger partial charge in [0.15, 0.2) is 0 Å². The summed E-state index contributed by atoms with van der Waals surface area (Å²) in [5, 5.41) is 6.93. The first-order chi connectivity index (χ1) is 14.0. The summed E-state index contributed by atoms with van der Waals surface area (Å²) < 4.78 is 13.7. The quantitative estimate of drug-likeness (QED) is 0.741. The Kier molecular flexibility index (Phi) is 5.07. The van der Waals surface area contributed by atoms with Crippen LogP contribution < -0.4 is 0 Å². The molecule has 29 heavy (non-hydrogen) atoms. The van der Waals surface area contributed by atoms with E-state index in [1.165, 1.54) is 6.07 Å². The van der Waals surface area contributed by atoms with E-state index in [-0.39, 0.29) is 11.8 Å². The Morgan fingerprint density at radius 2 is 1.69 bits per heavy atom. The zero-order chi connectivity index (χ0) is 20.4. The largest absolute Gasteiger partial charge is 0.335 e. The van der Waals surface area contributed by atoms with Gasteiger partial charge in [-0.05, 0) is 42.8 Å². The summed E-state index contributed by atoms with van der Waals surface area (Å²) in [7, 11) is 0. The van der Waals surface area contributed by atoms with Crippen molar-refractivity contribution in [1.29, 1.82) is 0 Å². The lowest BCUT2D eigenvalue weighted by atomic mass is 10.1. The Balaban J connectivity index is 1.39. The number of hydrogen-bond donors (Lipinski definition) is 1. The van der Waals surface area contributed by atoms with Crippen LogP contribution in [0.5, 0.6) is 0 Å². The van der Waals surface area contributed by atoms with Crippen LogP contribution >= 0.6 is 0 Å². The second-order valence-corrected chi connectivity index (χ2v) is 6.93. The number of nitrogens with zero attached hydrogens (tertiary/aromatic N) is 4. The second kappa shape index (κ2) is 7.83. The highest BCUT2D eigenvalue weighted by Gasteiger charge is 2.27. The summed E-state index contributed by atoms with van der Waals surface area (Å²) in [4.78, 5) is 32.9. The first-order valence-corrected chi connectivity index (χ1v) is 9.34. The molecule has 3 heterocycles. The van der Waals surface area contributed by atoms with Gasteiger partial charge in [0.1, 0.15) is 17.2 Å². The molecule has 2 amide bonds.